The van der Waals surface area contributed by atoms with Crippen LogP contribution in [0.1, 0.15) is 38.1 Å². The average Bonchev–Trinajstić information content (AvgIpc) is 2.23. The van der Waals surface area contributed by atoms with Gasteiger partial charge in [-0.3, -0.25) is 4.79 Å². The van der Waals surface area contributed by atoms with Crippen molar-refractivity contribution in [3.63, 3.8) is 0 Å². The highest BCUT2D eigenvalue weighted by atomic mass is 35.5. The van der Waals surface area contributed by atoms with Crippen LogP contribution >= 0.6 is 11.6 Å². The van der Waals surface area contributed by atoms with Gasteiger partial charge in [0.05, 0.1) is 11.2 Å². The lowest BCUT2D eigenvalue weighted by Crippen LogP contribution is -2.58. The molecule has 1 fully saturated rings. The van der Waals surface area contributed by atoms with Gasteiger partial charge in [0.25, 0.3) is 5.91 Å². The first-order valence-electron chi connectivity index (χ1n) is 6.30. The smallest absolute Gasteiger partial charge is 0.254 e. The van der Waals surface area contributed by atoms with E-state index in [0.29, 0.717) is 23.8 Å². The van der Waals surface area contributed by atoms with Crippen LogP contribution in [0.2, 0.25) is 5.15 Å². The molecule has 0 aliphatic carbocycles. The van der Waals surface area contributed by atoms with Crippen molar-refractivity contribution in [1.29, 1.82) is 0 Å². The fourth-order valence-corrected chi connectivity index (χ4v) is 2.82. The van der Waals surface area contributed by atoms with Gasteiger partial charge < -0.3 is 9.64 Å². The fourth-order valence-electron chi connectivity index (χ4n) is 2.65. The lowest BCUT2D eigenvalue weighted by Gasteiger charge is -2.47. The highest BCUT2D eigenvalue weighted by Crippen LogP contribution is 2.29. The Hall–Kier alpha value is -1.13. The van der Waals surface area contributed by atoms with Gasteiger partial charge in [0.1, 0.15) is 5.15 Å². The van der Waals surface area contributed by atoms with Gasteiger partial charge in [-0.2, -0.15) is 0 Å². The molecule has 1 aliphatic heterocycles. The SMILES string of the molecule is CC1(C)CN(C(=O)c2ccnc(Cl)c2)CC(C)(C)O1. The van der Waals surface area contributed by atoms with E-state index in [4.69, 9.17) is 16.3 Å². The van der Waals surface area contributed by atoms with Crippen molar-refractivity contribution in [1.82, 2.24) is 9.88 Å². The molecule has 0 radical (unpaired) electrons. The Kier molecular flexibility index (Phi) is 3.58. The van der Waals surface area contributed by atoms with E-state index < -0.39 is 0 Å². The van der Waals surface area contributed by atoms with Gasteiger partial charge in [0.2, 0.25) is 0 Å². The maximum atomic E-state index is 12.5. The summed E-state index contributed by atoms with van der Waals surface area (Å²) in [5.41, 5.74) is -0.142. The van der Waals surface area contributed by atoms with Gasteiger partial charge in [-0.25, -0.2) is 4.98 Å². The van der Waals surface area contributed by atoms with Crippen LogP contribution in [0.25, 0.3) is 0 Å². The summed E-state index contributed by atoms with van der Waals surface area (Å²) in [6.45, 7) is 9.10. The van der Waals surface area contributed by atoms with Crippen LogP contribution in [0.3, 0.4) is 0 Å². The molecule has 5 heteroatoms. The number of nitrogens with zero attached hydrogens (tertiary/aromatic N) is 2. The zero-order valence-corrected chi connectivity index (χ0v) is 12.5. The zero-order chi connectivity index (χ0) is 14.3. The number of morpholine rings is 1. The molecule has 1 amide bonds. The standard InChI is InChI=1S/C14H19ClN2O2/c1-13(2)8-17(9-14(3,4)19-13)12(18)10-5-6-16-11(15)7-10/h5-7H,8-9H2,1-4H3. The van der Waals surface area contributed by atoms with E-state index in [-0.39, 0.29) is 17.1 Å². The van der Waals surface area contributed by atoms with Crippen molar-refractivity contribution in [2.75, 3.05) is 13.1 Å². The normalized spacial score (nSPS) is 21.2. The minimum atomic E-state index is -0.353. The maximum absolute atomic E-state index is 12.5. The molecular formula is C14H19ClN2O2. The van der Waals surface area contributed by atoms with Gasteiger partial charge in [-0.05, 0) is 39.8 Å². The highest BCUT2D eigenvalue weighted by molar-refractivity contribution is 6.29. The summed E-state index contributed by atoms with van der Waals surface area (Å²) in [5, 5.41) is 0.331. The summed E-state index contributed by atoms with van der Waals surface area (Å²) in [4.78, 5) is 18.2. The number of ether oxygens (including phenoxy) is 1. The van der Waals surface area contributed by atoms with Crippen molar-refractivity contribution in [2.45, 2.75) is 38.9 Å². The van der Waals surface area contributed by atoms with Crippen molar-refractivity contribution in [3.05, 3.63) is 29.0 Å². The molecule has 19 heavy (non-hydrogen) atoms. The largest absolute Gasteiger partial charge is 0.366 e. The number of hydrogen-bond donors (Lipinski definition) is 0. The minimum absolute atomic E-state index is 0.0336. The Morgan fingerprint density at radius 2 is 1.89 bits per heavy atom. The second kappa shape index (κ2) is 4.76. The summed E-state index contributed by atoms with van der Waals surface area (Å²) in [6.07, 6.45) is 1.55. The molecular weight excluding hydrogens is 264 g/mol. The molecule has 0 spiro atoms. The molecule has 0 aromatic carbocycles. The summed E-state index contributed by atoms with van der Waals surface area (Å²) < 4.78 is 5.97. The van der Waals surface area contributed by atoms with Crippen molar-refractivity contribution < 1.29 is 9.53 Å². The Morgan fingerprint density at radius 3 is 2.42 bits per heavy atom. The van der Waals surface area contributed by atoms with Gasteiger partial charge in [0, 0.05) is 24.8 Å². The molecule has 4 nitrogen and oxygen atoms in total. The van der Waals surface area contributed by atoms with Gasteiger partial charge in [0.15, 0.2) is 0 Å². The number of hydrogen-bond acceptors (Lipinski definition) is 3. The molecule has 104 valence electrons. The van der Waals surface area contributed by atoms with E-state index in [1.807, 2.05) is 32.6 Å². The third-order valence-electron chi connectivity index (χ3n) is 2.96. The zero-order valence-electron chi connectivity index (χ0n) is 11.7. The first-order valence-corrected chi connectivity index (χ1v) is 6.67. The van der Waals surface area contributed by atoms with Crippen molar-refractivity contribution in [2.24, 2.45) is 0 Å². The third-order valence-corrected chi connectivity index (χ3v) is 3.16. The van der Waals surface area contributed by atoms with E-state index >= 15 is 0 Å². The average molecular weight is 283 g/mol. The predicted octanol–water partition coefficient (Wildman–Crippen LogP) is 2.76. The number of carbonyl (C=O) groups is 1. The second-order valence-corrected chi connectivity index (χ2v) is 6.54. The molecule has 1 aromatic rings. The van der Waals surface area contributed by atoms with Crippen LogP contribution < -0.4 is 0 Å². The molecule has 0 saturated carbocycles. The Balaban J connectivity index is 2.24. The molecule has 1 saturated heterocycles. The molecule has 0 N–H and O–H groups in total. The van der Waals surface area contributed by atoms with Gasteiger partial charge in [-0.15, -0.1) is 0 Å². The van der Waals surface area contributed by atoms with Crippen LogP contribution in [-0.2, 0) is 4.74 Å². The molecule has 2 rings (SSSR count). The monoisotopic (exact) mass is 282 g/mol. The number of amides is 1. The summed E-state index contributed by atoms with van der Waals surface area (Å²) in [5.74, 6) is -0.0336. The highest BCUT2D eigenvalue weighted by Gasteiger charge is 2.40. The third kappa shape index (κ3) is 3.45. The number of pyridine rings is 1. The number of aromatic nitrogens is 1. The fraction of sp³-hybridized carbons (Fsp3) is 0.571. The topological polar surface area (TPSA) is 42.4 Å². The summed E-state index contributed by atoms with van der Waals surface area (Å²) in [7, 11) is 0. The Morgan fingerprint density at radius 1 is 1.32 bits per heavy atom. The van der Waals surface area contributed by atoms with Gasteiger partial charge >= 0.3 is 0 Å². The molecule has 0 bridgehead atoms. The molecule has 2 heterocycles. The van der Waals surface area contributed by atoms with E-state index in [1.54, 1.807) is 18.3 Å². The van der Waals surface area contributed by atoms with Crippen LogP contribution in [0.4, 0.5) is 0 Å². The summed E-state index contributed by atoms with van der Waals surface area (Å²) in [6, 6.07) is 3.28. The number of carbonyl (C=O) groups excluding carboxylic acids is 1. The molecule has 1 aliphatic rings. The molecule has 0 atom stereocenters. The van der Waals surface area contributed by atoms with Gasteiger partial charge in [-0.1, -0.05) is 11.6 Å². The maximum Gasteiger partial charge on any atom is 0.254 e. The second-order valence-electron chi connectivity index (χ2n) is 6.15. The first kappa shape index (κ1) is 14.3. The molecule has 0 unspecified atom stereocenters. The van der Waals surface area contributed by atoms with E-state index in [0.717, 1.165) is 0 Å². The van der Waals surface area contributed by atoms with Crippen molar-refractivity contribution in [3.8, 4) is 0 Å². The number of rotatable bonds is 1. The van der Waals surface area contributed by atoms with Crippen molar-refractivity contribution >= 4 is 17.5 Å². The van der Waals surface area contributed by atoms with Crippen LogP contribution in [0.5, 0.6) is 0 Å². The summed E-state index contributed by atoms with van der Waals surface area (Å²) >= 11 is 5.83. The predicted molar refractivity (Wildman–Crippen MR) is 74.4 cm³/mol. The first-order chi connectivity index (χ1) is 8.69. The van der Waals surface area contributed by atoms with E-state index in [1.165, 1.54) is 0 Å². The molecule has 1 aromatic heterocycles. The van der Waals surface area contributed by atoms with E-state index in [9.17, 15) is 4.79 Å². The van der Waals surface area contributed by atoms with Crippen LogP contribution in [-0.4, -0.2) is 40.1 Å². The lowest BCUT2D eigenvalue weighted by atomic mass is 9.98. The quantitative estimate of drug-likeness (QED) is 0.744. The number of halogens is 1. The lowest BCUT2D eigenvalue weighted by molar-refractivity contribution is -0.171. The van der Waals surface area contributed by atoms with Crippen LogP contribution in [0, 0.1) is 0 Å². The minimum Gasteiger partial charge on any atom is -0.366 e. The Labute approximate surface area is 118 Å². The van der Waals surface area contributed by atoms with E-state index in [2.05, 4.69) is 4.98 Å². The Bertz CT molecular complexity index is 484. The van der Waals surface area contributed by atoms with Crippen LogP contribution in [0.15, 0.2) is 18.3 Å².